The molecule has 0 aliphatic carbocycles. The molecule has 0 aromatic carbocycles. The van der Waals surface area contributed by atoms with Crippen molar-refractivity contribution in [1.29, 1.82) is 0 Å². The molecule has 4 heterocycles. The average molecular weight is 606 g/mol. The summed E-state index contributed by atoms with van der Waals surface area (Å²) in [6.07, 6.45) is -1.27. The van der Waals surface area contributed by atoms with Gasteiger partial charge in [0.1, 0.15) is 12.2 Å². The average Bonchev–Trinajstić information content (AvgIpc) is 3.56. The summed E-state index contributed by atoms with van der Waals surface area (Å²) in [5, 5.41) is 9.25. The summed E-state index contributed by atoms with van der Waals surface area (Å²) in [7, 11) is 8.92. The number of rotatable bonds is 4. The van der Waals surface area contributed by atoms with Gasteiger partial charge >= 0.3 is 12.2 Å². The van der Waals surface area contributed by atoms with E-state index in [0.717, 1.165) is 6.67 Å². The van der Waals surface area contributed by atoms with Crippen molar-refractivity contribution in [1.82, 2.24) is 29.8 Å². The third-order valence-corrected chi connectivity index (χ3v) is 5.05. The summed E-state index contributed by atoms with van der Waals surface area (Å²) >= 11 is 0. The van der Waals surface area contributed by atoms with Crippen molar-refractivity contribution < 1.29 is 104 Å². The summed E-state index contributed by atoms with van der Waals surface area (Å²) in [5.41, 5.74) is 15.9. The van der Waals surface area contributed by atoms with E-state index >= 15 is 0 Å². The van der Waals surface area contributed by atoms with E-state index in [1.165, 1.54) is 9.80 Å². The summed E-state index contributed by atoms with van der Waals surface area (Å²) in [4.78, 5) is 56.0. The zero-order chi connectivity index (χ0) is 28.0. The van der Waals surface area contributed by atoms with Crippen LogP contribution in [0.4, 0.5) is 9.59 Å². The Morgan fingerprint density at radius 3 is 1.44 bits per heavy atom. The molecule has 0 aromatic rings. The quantitative estimate of drug-likeness (QED) is 0.257. The van der Waals surface area contributed by atoms with Crippen LogP contribution in [0.1, 0.15) is 0 Å². The van der Waals surface area contributed by atoms with Gasteiger partial charge in [0, 0.05) is 106 Å². The van der Waals surface area contributed by atoms with Gasteiger partial charge in [-0.15, -0.1) is 0 Å². The van der Waals surface area contributed by atoms with Crippen molar-refractivity contribution >= 4 is 24.0 Å². The fourth-order valence-corrected chi connectivity index (χ4v) is 3.17. The molecule has 0 bridgehead atoms. The molecule has 39 heavy (non-hydrogen) atoms. The van der Waals surface area contributed by atoms with Crippen molar-refractivity contribution in [3.63, 3.8) is 0 Å². The standard InChI is InChI=1S/2C5H8N4O2.C5H10N2O.C4H8N2O.2Ar/c2*1-9-3-4(2-7-8-6)11-5(9)10;1-6-3-5(8)7(2)4-6;1-6-2-4(7)5-3-6;;/h2*4H,2-3H2,1H3;3-4H2,1-2H3;2-3H2,1H3,(H,5,7);;. The van der Waals surface area contributed by atoms with Crippen LogP contribution in [-0.2, 0) is 19.1 Å². The Balaban J connectivity index is 0. The zero-order valence-corrected chi connectivity index (χ0v) is 23.8. The van der Waals surface area contributed by atoms with E-state index in [1.54, 1.807) is 19.0 Å². The number of hydrogen-bond acceptors (Lipinski definition) is 10. The van der Waals surface area contributed by atoms with Crippen LogP contribution in [-0.4, -0.2) is 149 Å². The van der Waals surface area contributed by atoms with E-state index in [-0.39, 0.29) is 125 Å². The van der Waals surface area contributed by atoms with Crippen LogP contribution in [0, 0.1) is 75.5 Å². The SMILES string of the molecule is CN1CC(=O)N(C)C1.CN1CC(CN=[N+]=[N-])OC1=O.CN1CC(CN=[N+]=[N-])OC1=O.CN1CNC(=O)C1.[Ar].[Ar]. The predicted molar refractivity (Wildman–Crippen MR) is 130 cm³/mol. The van der Waals surface area contributed by atoms with Crippen molar-refractivity contribution in [2.24, 2.45) is 10.2 Å². The van der Waals surface area contributed by atoms with Gasteiger partial charge < -0.3 is 29.5 Å². The molecule has 2 unspecified atom stereocenters. The van der Waals surface area contributed by atoms with Crippen LogP contribution >= 0.6 is 0 Å². The molecular weight excluding hydrogens is 572 g/mol. The smallest absolute Gasteiger partial charge is 0.409 e. The Morgan fingerprint density at radius 1 is 0.795 bits per heavy atom. The maximum Gasteiger partial charge on any atom is 0.409 e. The second-order valence-corrected chi connectivity index (χ2v) is 8.62. The monoisotopic (exact) mass is 606 g/mol. The largest absolute Gasteiger partial charge is 0.444 e. The molecule has 1 N–H and O–H groups in total. The maximum atomic E-state index is 10.7. The number of nitrogens with zero attached hydrogens (tertiary/aromatic N) is 11. The minimum absolute atomic E-state index is 0. The van der Waals surface area contributed by atoms with Gasteiger partial charge in [-0.3, -0.25) is 19.4 Å². The Bertz CT molecular complexity index is 867. The van der Waals surface area contributed by atoms with Crippen LogP contribution in [0.2, 0.25) is 0 Å². The number of cyclic esters (lactones) is 2. The second kappa shape index (κ2) is 21.3. The fourth-order valence-electron chi connectivity index (χ4n) is 3.17. The number of hydrogen-bond donors (Lipinski definition) is 1. The van der Waals surface area contributed by atoms with E-state index < -0.39 is 0 Å². The van der Waals surface area contributed by atoms with Crippen LogP contribution in [0.5, 0.6) is 0 Å². The van der Waals surface area contributed by atoms with E-state index in [9.17, 15) is 19.2 Å². The maximum absolute atomic E-state index is 10.7. The van der Waals surface area contributed by atoms with Gasteiger partial charge in [0.15, 0.2) is 0 Å². The van der Waals surface area contributed by atoms with Gasteiger partial charge in [0.05, 0.1) is 52.6 Å². The molecule has 222 valence electrons. The Morgan fingerprint density at radius 2 is 1.26 bits per heavy atom. The number of ether oxygens (including phenoxy) is 2. The van der Waals surface area contributed by atoms with Crippen molar-refractivity contribution in [3.8, 4) is 0 Å². The third kappa shape index (κ3) is 16.4. The van der Waals surface area contributed by atoms with Gasteiger partial charge in [-0.1, -0.05) is 10.2 Å². The molecule has 4 amide bonds. The first kappa shape index (κ1) is 39.7. The van der Waals surface area contributed by atoms with Crippen LogP contribution < -0.4 is 5.32 Å². The molecule has 4 fully saturated rings. The minimum atomic E-state index is -0.358. The first-order valence-electron chi connectivity index (χ1n) is 11.2. The van der Waals surface area contributed by atoms with Gasteiger partial charge in [-0.05, 0) is 25.2 Å². The molecule has 0 aromatic heterocycles. The molecule has 18 nitrogen and oxygen atoms in total. The van der Waals surface area contributed by atoms with Crippen LogP contribution in [0.3, 0.4) is 0 Å². The van der Waals surface area contributed by atoms with E-state index in [1.807, 2.05) is 30.9 Å². The topological polar surface area (TPSA) is 212 Å². The molecule has 2 atom stereocenters. The Kier molecular flexibility index (Phi) is 21.7. The number of nitrogens with one attached hydrogen (secondary N) is 1. The molecule has 0 saturated carbocycles. The van der Waals surface area contributed by atoms with E-state index in [0.29, 0.717) is 32.8 Å². The van der Waals surface area contributed by atoms with Gasteiger partial charge in [-0.2, -0.15) is 0 Å². The van der Waals surface area contributed by atoms with Crippen molar-refractivity contribution in [3.05, 3.63) is 20.9 Å². The first-order valence-corrected chi connectivity index (χ1v) is 11.2. The van der Waals surface area contributed by atoms with Crippen molar-refractivity contribution in [2.45, 2.75) is 12.2 Å². The molecule has 4 saturated heterocycles. The Labute approximate surface area is 286 Å². The molecule has 0 spiro atoms. The van der Waals surface area contributed by atoms with E-state index in [2.05, 4.69) is 25.4 Å². The number of carbonyl (C=O) groups is 4. The first-order chi connectivity index (χ1) is 17.5. The predicted octanol–water partition coefficient (Wildman–Crippen LogP) is -0.152. The number of amides is 4. The zero-order valence-electron chi connectivity index (χ0n) is 22.4. The Hall–Kier alpha value is -1.46. The van der Waals surface area contributed by atoms with Gasteiger partial charge in [0.2, 0.25) is 11.8 Å². The van der Waals surface area contributed by atoms with Crippen molar-refractivity contribution in [2.75, 3.05) is 87.8 Å². The van der Waals surface area contributed by atoms with E-state index in [4.69, 9.17) is 20.5 Å². The summed E-state index contributed by atoms with van der Waals surface area (Å²) in [6, 6.07) is 0. The number of likely N-dealkylation sites (N-methyl/N-ethyl adjacent to an activating group) is 5. The normalized spacial score (nSPS) is 21.6. The van der Waals surface area contributed by atoms with Crippen LogP contribution in [0.15, 0.2) is 10.2 Å². The van der Waals surface area contributed by atoms with Gasteiger partial charge in [0.25, 0.3) is 0 Å². The summed E-state index contributed by atoms with van der Waals surface area (Å²) in [5.74, 6) is 0.343. The number of azide groups is 2. The molecule has 4 rings (SSSR count). The molecular formula is C19H34Ar2N12O6. The van der Waals surface area contributed by atoms with Crippen LogP contribution in [0.25, 0.3) is 20.9 Å². The molecule has 0 radical (unpaired) electrons. The molecule has 4 aliphatic rings. The molecule has 20 heteroatoms. The third-order valence-electron chi connectivity index (χ3n) is 5.05. The number of carbonyl (C=O) groups excluding carboxylic acids is 4. The summed E-state index contributed by atoms with van der Waals surface area (Å²) < 4.78 is 9.60. The van der Waals surface area contributed by atoms with Gasteiger partial charge in [-0.25, -0.2) is 9.59 Å². The summed E-state index contributed by atoms with van der Waals surface area (Å²) in [6.45, 7) is 4.04. The fraction of sp³-hybridized carbons (Fsp3) is 0.789. The minimum Gasteiger partial charge on any atom is -0.444 e. The second-order valence-electron chi connectivity index (χ2n) is 8.62. The molecule has 4 aliphatic heterocycles.